The Morgan fingerprint density at radius 3 is 2.67 bits per heavy atom. The highest BCUT2D eigenvalue weighted by Gasteiger charge is 2.19. The van der Waals surface area contributed by atoms with Crippen molar-refractivity contribution in [2.75, 3.05) is 6.61 Å². The van der Waals surface area contributed by atoms with Crippen LogP contribution in [0.4, 0.5) is 0 Å². The highest BCUT2D eigenvalue weighted by molar-refractivity contribution is 6.16. The van der Waals surface area contributed by atoms with E-state index in [1.165, 1.54) is 6.42 Å². The van der Waals surface area contributed by atoms with Crippen LogP contribution in [0.3, 0.4) is 0 Å². The highest BCUT2D eigenvalue weighted by Crippen LogP contribution is 2.31. The number of alkyl halides is 1. The SMILES string of the molecule is CCOc1cccc2c1nc(CCl)n2C(C)CC(C)CC. The van der Waals surface area contributed by atoms with Gasteiger partial charge in [0.2, 0.25) is 0 Å². The molecule has 0 aliphatic rings. The number of imidazole rings is 1. The van der Waals surface area contributed by atoms with Crippen molar-refractivity contribution in [2.45, 2.75) is 52.5 Å². The first-order valence-electron chi connectivity index (χ1n) is 7.80. The molecule has 0 N–H and O–H groups in total. The molecule has 0 aliphatic heterocycles. The number of ether oxygens (including phenoxy) is 1. The molecule has 116 valence electrons. The summed E-state index contributed by atoms with van der Waals surface area (Å²) in [6, 6.07) is 6.49. The molecule has 2 atom stereocenters. The van der Waals surface area contributed by atoms with Gasteiger partial charge >= 0.3 is 0 Å². The average Bonchev–Trinajstić information content (AvgIpc) is 2.87. The lowest BCUT2D eigenvalue weighted by molar-refractivity contribution is 0.343. The Hall–Kier alpha value is -1.22. The van der Waals surface area contributed by atoms with Crippen molar-refractivity contribution < 1.29 is 4.74 Å². The molecule has 0 spiro atoms. The molecule has 21 heavy (non-hydrogen) atoms. The van der Waals surface area contributed by atoms with Crippen LogP contribution in [0.5, 0.6) is 5.75 Å². The second-order valence-corrected chi connectivity index (χ2v) is 5.95. The van der Waals surface area contributed by atoms with Crippen LogP contribution >= 0.6 is 11.6 Å². The molecule has 2 rings (SSSR count). The molecule has 4 heteroatoms. The number of hydrogen-bond donors (Lipinski definition) is 0. The number of aromatic nitrogens is 2. The molecule has 0 saturated carbocycles. The van der Waals surface area contributed by atoms with Crippen LogP contribution in [0, 0.1) is 5.92 Å². The van der Waals surface area contributed by atoms with Gasteiger partial charge in [-0.25, -0.2) is 4.98 Å². The van der Waals surface area contributed by atoms with Gasteiger partial charge in [0, 0.05) is 6.04 Å². The fraction of sp³-hybridized carbons (Fsp3) is 0.588. The number of hydrogen-bond acceptors (Lipinski definition) is 2. The van der Waals surface area contributed by atoms with Crippen molar-refractivity contribution in [3.05, 3.63) is 24.0 Å². The third-order valence-electron chi connectivity index (χ3n) is 4.06. The number of benzene rings is 1. The highest BCUT2D eigenvalue weighted by atomic mass is 35.5. The van der Waals surface area contributed by atoms with Gasteiger partial charge < -0.3 is 9.30 Å². The minimum absolute atomic E-state index is 0.385. The summed E-state index contributed by atoms with van der Waals surface area (Å²) < 4.78 is 7.97. The molecule has 1 aromatic heterocycles. The van der Waals surface area contributed by atoms with E-state index in [1.807, 2.05) is 19.1 Å². The lowest BCUT2D eigenvalue weighted by atomic mass is 10.00. The lowest BCUT2D eigenvalue weighted by Crippen LogP contribution is -2.11. The summed E-state index contributed by atoms with van der Waals surface area (Å²) in [6.07, 6.45) is 2.32. The summed E-state index contributed by atoms with van der Waals surface area (Å²) in [7, 11) is 0. The molecule has 0 saturated heterocycles. The molecule has 0 aliphatic carbocycles. The van der Waals surface area contributed by atoms with Gasteiger partial charge in [-0.05, 0) is 38.3 Å². The predicted molar refractivity (Wildman–Crippen MR) is 89.2 cm³/mol. The quantitative estimate of drug-likeness (QED) is 0.660. The van der Waals surface area contributed by atoms with Crippen LogP contribution < -0.4 is 4.74 Å². The van der Waals surface area contributed by atoms with Crippen LogP contribution in [-0.4, -0.2) is 16.2 Å². The van der Waals surface area contributed by atoms with Gasteiger partial charge in [0.1, 0.15) is 17.1 Å². The third kappa shape index (κ3) is 3.34. The Bertz CT molecular complexity index is 594. The Labute approximate surface area is 132 Å². The van der Waals surface area contributed by atoms with E-state index in [2.05, 4.69) is 31.4 Å². The first-order chi connectivity index (χ1) is 10.1. The van der Waals surface area contributed by atoms with E-state index in [-0.39, 0.29) is 0 Å². The summed E-state index contributed by atoms with van der Waals surface area (Å²) in [5.41, 5.74) is 2.04. The molecular formula is C17H25ClN2O. The fourth-order valence-corrected chi connectivity index (χ4v) is 3.04. The van der Waals surface area contributed by atoms with Crippen molar-refractivity contribution in [1.29, 1.82) is 0 Å². The van der Waals surface area contributed by atoms with Crippen LogP contribution in [0.2, 0.25) is 0 Å². The zero-order chi connectivity index (χ0) is 15.4. The smallest absolute Gasteiger partial charge is 0.147 e. The number of para-hydroxylation sites is 1. The van der Waals surface area contributed by atoms with Gasteiger partial charge in [0.25, 0.3) is 0 Å². The van der Waals surface area contributed by atoms with Crippen molar-refractivity contribution >= 4 is 22.6 Å². The largest absolute Gasteiger partial charge is 0.492 e. The van der Waals surface area contributed by atoms with E-state index in [0.29, 0.717) is 24.4 Å². The molecule has 0 bridgehead atoms. The first kappa shape index (κ1) is 16.2. The monoisotopic (exact) mass is 308 g/mol. The van der Waals surface area contributed by atoms with Crippen LogP contribution in [0.1, 0.15) is 52.4 Å². The second kappa shape index (κ2) is 7.17. The molecule has 0 amide bonds. The summed E-state index contributed by atoms with van der Waals surface area (Å²) in [4.78, 5) is 4.71. The van der Waals surface area contributed by atoms with E-state index in [0.717, 1.165) is 29.0 Å². The topological polar surface area (TPSA) is 27.1 Å². The molecule has 0 fully saturated rings. The van der Waals surface area contributed by atoms with Gasteiger partial charge in [0.15, 0.2) is 0 Å². The summed E-state index contributed by atoms with van der Waals surface area (Å²) in [5.74, 6) is 2.88. The van der Waals surface area contributed by atoms with Crippen LogP contribution in [-0.2, 0) is 5.88 Å². The molecule has 2 aromatic rings. The summed E-state index contributed by atoms with van der Waals surface area (Å²) >= 11 is 6.12. The van der Waals surface area contributed by atoms with Gasteiger partial charge in [-0.2, -0.15) is 0 Å². The normalized spacial score (nSPS) is 14.3. The van der Waals surface area contributed by atoms with E-state index >= 15 is 0 Å². The van der Waals surface area contributed by atoms with Crippen molar-refractivity contribution in [2.24, 2.45) is 5.92 Å². The van der Waals surface area contributed by atoms with E-state index in [9.17, 15) is 0 Å². The second-order valence-electron chi connectivity index (χ2n) is 5.69. The maximum absolute atomic E-state index is 6.12. The van der Waals surface area contributed by atoms with Gasteiger partial charge in [-0.3, -0.25) is 0 Å². The van der Waals surface area contributed by atoms with E-state index in [4.69, 9.17) is 21.3 Å². The molecular weight excluding hydrogens is 284 g/mol. The minimum Gasteiger partial charge on any atom is -0.492 e. The molecule has 1 aromatic carbocycles. The molecule has 1 heterocycles. The summed E-state index contributed by atoms with van der Waals surface area (Å²) in [6.45, 7) is 9.41. The average molecular weight is 309 g/mol. The zero-order valence-electron chi connectivity index (χ0n) is 13.4. The number of rotatable bonds is 7. The molecule has 0 radical (unpaired) electrons. The summed E-state index contributed by atoms with van der Waals surface area (Å²) in [5, 5.41) is 0. The maximum Gasteiger partial charge on any atom is 0.147 e. The van der Waals surface area contributed by atoms with Crippen molar-refractivity contribution in [1.82, 2.24) is 9.55 Å². The Kier molecular flexibility index (Phi) is 5.51. The fourth-order valence-electron chi connectivity index (χ4n) is 2.85. The van der Waals surface area contributed by atoms with E-state index < -0.39 is 0 Å². The van der Waals surface area contributed by atoms with Crippen molar-refractivity contribution in [3.8, 4) is 5.75 Å². The maximum atomic E-state index is 6.12. The van der Waals surface area contributed by atoms with Crippen molar-refractivity contribution in [3.63, 3.8) is 0 Å². The first-order valence-corrected chi connectivity index (χ1v) is 8.34. The number of nitrogens with zero attached hydrogens (tertiary/aromatic N) is 2. The van der Waals surface area contributed by atoms with Gasteiger partial charge in [0.05, 0.1) is 18.0 Å². The van der Waals surface area contributed by atoms with Crippen LogP contribution in [0.15, 0.2) is 18.2 Å². The van der Waals surface area contributed by atoms with Crippen LogP contribution in [0.25, 0.3) is 11.0 Å². The number of halogens is 1. The molecule has 2 unspecified atom stereocenters. The van der Waals surface area contributed by atoms with Gasteiger partial charge in [-0.1, -0.05) is 26.3 Å². The number of fused-ring (bicyclic) bond motifs is 1. The Morgan fingerprint density at radius 2 is 2.05 bits per heavy atom. The molecule has 3 nitrogen and oxygen atoms in total. The predicted octanol–water partition coefficient (Wildman–Crippen LogP) is 5.17. The third-order valence-corrected chi connectivity index (χ3v) is 4.30. The standard InChI is InChI=1S/C17H25ClN2O/c1-5-12(3)10-13(4)20-14-8-7-9-15(21-6-2)17(14)19-16(20)11-18/h7-9,12-13H,5-6,10-11H2,1-4H3. The van der Waals surface area contributed by atoms with Gasteiger partial charge in [-0.15, -0.1) is 11.6 Å². The Balaban J connectivity index is 2.48. The Morgan fingerprint density at radius 1 is 1.29 bits per heavy atom. The zero-order valence-corrected chi connectivity index (χ0v) is 14.2. The van der Waals surface area contributed by atoms with E-state index in [1.54, 1.807) is 0 Å². The lowest BCUT2D eigenvalue weighted by Gasteiger charge is -2.20. The minimum atomic E-state index is 0.385.